The summed E-state index contributed by atoms with van der Waals surface area (Å²) < 4.78 is 0.949. The lowest BCUT2D eigenvalue weighted by Crippen LogP contribution is -2.32. The fraction of sp³-hybridized carbons (Fsp3) is 0.133. The van der Waals surface area contributed by atoms with E-state index in [0.29, 0.717) is 0 Å². The van der Waals surface area contributed by atoms with Crippen LogP contribution in [0.3, 0.4) is 0 Å². The summed E-state index contributed by atoms with van der Waals surface area (Å²) in [4.78, 5) is 13.7. The van der Waals surface area contributed by atoms with Gasteiger partial charge in [0.05, 0.1) is 6.54 Å². The third-order valence-electron chi connectivity index (χ3n) is 2.82. The normalized spacial score (nSPS) is 10.0. The van der Waals surface area contributed by atoms with E-state index in [1.807, 2.05) is 54.6 Å². The van der Waals surface area contributed by atoms with Crippen LogP contribution in [0.25, 0.3) is 0 Å². The first kappa shape index (κ1) is 13.6. The van der Waals surface area contributed by atoms with Gasteiger partial charge in [-0.2, -0.15) is 0 Å². The zero-order valence-electron chi connectivity index (χ0n) is 10.6. The fourth-order valence-corrected chi connectivity index (χ4v) is 2.11. The van der Waals surface area contributed by atoms with Crippen LogP contribution in [-0.2, 0) is 4.79 Å². The third kappa shape index (κ3) is 3.58. The number of halogens is 1. The van der Waals surface area contributed by atoms with E-state index in [4.69, 9.17) is 0 Å². The van der Waals surface area contributed by atoms with Crippen molar-refractivity contribution in [2.75, 3.05) is 23.8 Å². The van der Waals surface area contributed by atoms with Crippen LogP contribution in [0.2, 0.25) is 0 Å². The lowest BCUT2D eigenvalue weighted by atomic mass is 10.3. The van der Waals surface area contributed by atoms with Crippen molar-refractivity contribution in [1.29, 1.82) is 0 Å². The minimum atomic E-state index is 0.0157. The number of anilines is 2. The molecule has 3 nitrogen and oxygen atoms in total. The first-order valence-electron chi connectivity index (χ1n) is 5.98. The van der Waals surface area contributed by atoms with Gasteiger partial charge in [0.25, 0.3) is 0 Å². The Morgan fingerprint density at radius 1 is 1.11 bits per heavy atom. The average Bonchev–Trinajstić information content (AvgIpc) is 2.46. The maximum atomic E-state index is 12.1. The summed E-state index contributed by atoms with van der Waals surface area (Å²) in [5, 5.41) is 3.13. The number of amides is 1. The van der Waals surface area contributed by atoms with Gasteiger partial charge in [-0.25, -0.2) is 0 Å². The van der Waals surface area contributed by atoms with Crippen LogP contribution in [0.15, 0.2) is 59.1 Å². The van der Waals surface area contributed by atoms with Crippen molar-refractivity contribution in [3.63, 3.8) is 0 Å². The molecule has 1 N–H and O–H groups in total. The highest BCUT2D eigenvalue weighted by atomic mass is 79.9. The van der Waals surface area contributed by atoms with Gasteiger partial charge in [0.15, 0.2) is 0 Å². The largest absolute Gasteiger partial charge is 0.375 e. The Kier molecular flexibility index (Phi) is 4.58. The maximum absolute atomic E-state index is 12.1. The smallest absolute Gasteiger partial charge is 0.246 e. The highest BCUT2D eigenvalue weighted by molar-refractivity contribution is 9.10. The molecular weight excluding hydrogens is 304 g/mol. The van der Waals surface area contributed by atoms with Gasteiger partial charge in [0, 0.05) is 22.9 Å². The van der Waals surface area contributed by atoms with E-state index in [-0.39, 0.29) is 12.5 Å². The first-order valence-corrected chi connectivity index (χ1v) is 6.78. The Hall–Kier alpha value is -1.81. The lowest BCUT2D eigenvalue weighted by molar-refractivity contribution is -0.116. The third-order valence-corrected chi connectivity index (χ3v) is 3.51. The molecule has 0 saturated carbocycles. The molecule has 0 unspecified atom stereocenters. The molecule has 0 aliphatic rings. The van der Waals surface area contributed by atoms with Crippen molar-refractivity contribution < 1.29 is 4.79 Å². The Morgan fingerprint density at radius 2 is 1.74 bits per heavy atom. The van der Waals surface area contributed by atoms with Crippen LogP contribution >= 0.6 is 15.9 Å². The van der Waals surface area contributed by atoms with Crippen LogP contribution in [0, 0.1) is 0 Å². The van der Waals surface area contributed by atoms with Crippen molar-refractivity contribution in [3.05, 3.63) is 59.1 Å². The van der Waals surface area contributed by atoms with E-state index in [0.717, 1.165) is 15.8 Å². The monoisotopic (exact) mass is 318 g/mol. The van der Waals surface area contributed by atoms with Gasteiger partial charge in [-0.1, -0.05) is 30.3 Å². The summed E-state index contributed by atoms with van der Waals surface area (Å²) in [6.07, 6.45) is 0. The Bertz CT molecular complexity index is 557. The molecule has 0 spiro atoms. The molecule has 0 aliphatic heterocycles. The van der Waals surface area contributed by atoms with Gasteiger partial charge < -0.3 is 10.2 Å². The molecule has 0 heterocycles. The number of hydrogen-bond acceptors (Lipinski definition) is 2. The van der Waals surface area contributed by atoms with Crippen molar-refractivity contribution in [2.24, 2.45) is 0 Å². The predicted octanol–water partition coefficient (Wildman–Crippen LogP) is 3.52. The van der Waals surface area contributed by atoms with E-state index < -0.39 is 0 Å². The molecule has 0 saturated heterocycles. The molecular formula is C15H15BrN2O. The standard InChI is InChI=1S/C15H15BrN2O/c1-18(12-7-3-2-4-8-12)15(19)11-17-14-10-6-5-9-13(14)16/h2-10,17H,11H2,1H3. The fourth-order valence-electron chi connectivity index (χ4n) is 1.69. The Morgan fingerprint density at radius 3 is 2.42 bits per heavy atom. The SMILES string of the molecule is CN(C(=O)CNc1ccccc1Br)c1ccccc1. The topological polar surface area (TPSA) is 32.3 Å². The number of benzene rings is 2. The number of likely N-dealkylation sites (N-methyl/N-ethyl adjacent to an activating group) is 1. The minimum Gasteiger partial charge on any atom is -0.375 e. The van der Waals surface area contributed by atoms with Gasteiger partial charge in [-0.15, -0.1) is 0 Å². The number of nitrogens with zero attached hydrogens (tertiary/aromatic N) is 1. The average molecular weight is 319 g/mol. The second-order valence-electron chi connectivity index (χ2n) is 4.12. The van der Waals surface area contributed by atoms with Gasteiger partial charge in [0.1, 0.15) is 0 Å². The van der Waals surface area contributed by atoms with E-state index >= 15 is 0 Å². The predicted molar refractivity (Wildman–Crippen MR) is 82.5 cm³/mol. The van der Waals surface area contributed by atoms with Gasteiger partial charge in [0.2, 0.25) is 5.91 Å². The molecule has 0 fully saturated rings. The van der Waals surface area contributed by atoms with Gasteiger partial charge in [-0.05, 0) is 40.2 Å². The van der Waals surface area contributed by atoms with Crippen LogP contribution < -0.4 is 10.2 Å². The number of para-hydroxylation sites is 2. The summed E-state index contributed by atoms with van der Waals surface area (Å²) in [5.41, 5.74) is 1.80. The molecule has 4 heteroatoms. The van der Waals surface area contributed by atoms with Crippen molar-refractivity contribution in [2.45, 2.75) is 0 Å². The number of carbonyl (C=O) groups excluding carboxylic acids is 1. The van der Waals surface area contributed by atoms with Crippen LogP contribution in [0.1, 0.15) is 0 Å². The molecule has 2 aromatic rings. The van der Waals surface area contributed by atoms with E-state index in [9.17, 15) is 4.79 Å². The van der Waals surface area contributed by atoms with Gasteiger partial charge in [-0.3, -0.25) is 4.79 Å². The summed E-state index contributed by atoms with van der Waals surface area (Å²) in [5.74, 6) is 0.0157. The Labute approximate surface area is 121 Å². The van der Waals surface area contributed by atoms with Gasteiger partial charge >= 0.3 is 0 Å². The number of hydrogen-bond donors (Lipinski definition) is 1. The molecule has 98 valence electrons. The molecule has 0 atom stereocenters. The van der Waals surface area contributed by atoms with Crippen molar-refractivity contribution in [1.82, 2.24) is 0 Å². The molecule has 0 bridgehead atoms. The van der Waals surface area contributed by atoms with E-state index in [2.05, 4.69) is 21.2 Å². The molecule has 1 amide bonds. The highest BCUT2D eigenvalue weighted by Crippen LogP contribution is 2.21. The quantitative estimate of drug-likeness (QED) is 0.935. The van der Waals surface area contributed by atoms with E-state index in [1.54, 1.807) is 11.9 Å². The number of rotatable bonds is 4. The molecule has 0 radical (unpaired) electrons. The van der Waals surface area contributed by atoms with Crippen molar-refractivity contribution >= 4 is 33.2 Å². The molecule has 2 aromatic carbocycles. The second-order valence-corrected chi connectivity index (χ2v) is 4.98. The summed E-state index contributed by atoms with van der Waals surface area (Å²) in [6.45, 7) is 0.258. The summed E-state index contributed by atoms with van der Waals surface area (Å²) in [7, 11) is 1.78. The second kappa shape index (κ2) is 6.38. The lowest BCUT2D eigenvalue weighted by Gasteiger charge is -2.18. The minimum absolute atomic E-state index is 0.0157. The molecule has 2 rings (SSSR count). The van der Waals surface area contributed by atoms with E-state index in [1.165, 1.54) is 0 Å². The van der Waals surface area contributed by atoms with Crippen molar-refractivity contribution in [3.8, 4) is 0 Å². The molecule has 0 aromatic heterocycles. The first-order chi connectivity index (χ1) is 9.18. The zero-order valence-corrected chi connectivity index (χ0v) is 12.2. The molecule has 0 aliphatic carbocycles. The molecule has 19 heavy (non-hydrogen) atoms. The Balaban J connectivity index is 1.97. The van der Waals surface area contributed by atoms with Crippen LogP contribution in [-0.4, -0.2) is 19.5 Å². The summed E-state index contributed by atoms with van der Waals surface area (Å²) >= 11 is 3.44. The summed E-state index contributed by atoms with van der Waals surface area (Å²) in [6, 6.07) is 17.3. The maximum Gasteiger partial charge on any atom is 0.246 e. The zero-order chi connectivity index (χ0) is 13.7. The number of carbonyl (C=O) groups is 1. The highest BCUT2D eigenvalue weighted by Gasteiger charge is 2.10. The van der Waals surface area contributed by atoms with Crippen LogP contribution in [0.4, 0.5) is 11.4 Å². The number of nitrogens with one attached hydrogen (secondary N) is 1. The van der Waals surface area contributed by atoms with Crippen LogP contribution in [0.5, 0.6) is 0 Å².